The van der Waals surface area contributed by atoms with Gasteiger partial charge in [-0.1, -0.05) is 65.3 Å². The smallest absolute Gasteiger partial charge is 1.00 e. The van der Waals surface area contributed by atoms with Crippen molar-refractivity contribution in [3.8, 4) is 0 Å². The van der Waals surface area contributed by atoms with Crippen molar-refractivity contribution in [2.24, 2.45) is 22.7 Å². The standard InChI is InChI=1S/C22H34O.2ClH.Ti/c1-13(2)18-11-10-12-22(14(3)4,20(18)23)19-16(6)15(5)17(7)21(19,8)9;;;/h10-14,20,23H,1-9H3;2*1H;/q;;;+2/p-2. The predicted octanol–water partition coefficient (Wildman–Crippen LogP) is -0.160. The van der Waals surface area contributed by atoms with Gasteiger partial charge in [-0.25, -0.2) is 0 Å². The summed E-state index contributed by atoms with van der Waals surface area (Å²) in [5, 5.41) is 11.4. The average Bonchev–Trinajstić information content (AvgIpc) is 2.60. The van der Waals surface area contributed by atoms with Gasteiger partial charge < -0.3 is 29.9 Å². The molecule has 0 amide bonds. The molecule has 2 unspecified atom stereocenters. The van der Waals surface area contributed by atoms with E-state index in [1.54, 1.807) is 0 Å². The molecule has 0 spiro atoms. The molecule has 26 heavy (non-hydrogen) atoms. The topological polar surface area (TPSA) is 20.2 Å². The maximum atomic E-state index is 11.4. The van der Waals surface area contributed by atoms with Crippen LogP contribution in [0.3, 0.4) is 0 Å². The fourth-order valence-corrected chi connectivity index (χ4v) is 4.76. The third-order valence-electron chi connectivity index (χ3n) is 6.55. The third-order valence-corrected chi connectivity index (χ3v) is 6.55. The van der Waals surface area contributed by atoms with E-state index in [-0.39, 0.29) is 57.4 Å². The van der Waals surface area contributed by atoms with Crippen molar-refractivity contribution in [1.29, 1.82) is 0 Å². The van der Waals surface area contributed by atoms with Gasteiger partial charge in [0.05, 0.1) is 6.10 Å². The quantitative estimate of drug-likeness (QED) is 0.614. The minimum absolute atomic E-state index is 0. The zero-order chi connectivity index (χ0) is 17.7. The third kappa shape index (κ3) is 3.99. The summed E-state index contributed by atoms with van der Waals surface area (Å²) in [4.78, 5) is 0. The van der Waals surface area contributed by atoms with E-state index in [0.29, 0.717) is 11.8 Å². The Kier molecular flexibility index (Phi) is 10.5. The molecule has 2 aliphatic carbocycles. The van der Waals surface area contributed by atoms with Crippen LogP contribution in [-0.4, -0.2) is 11.2 Å². The van der Waals surface area contributed by atoms with E-state index in [2.05, 4.69) is 80.5 Å². The monoisotopic (exact) mass is 432 g/mol. The van der Waals surface area contributed by atoms with Crippen molar-refractivity contribution in [3.05, 3.63) is 46.1 Å². The minimum atomic E-state index is -0.449. The summed E-state index contributed by atoms with van der Waals surface area (Å²) in [6, 6.07) is 0. The van der Waals surface area contributed by atoms with Crippen LogP contribution in [0.15, 0.2) is 46.1 Å². The molecule has 0 aromatic carbocycles. The van der Waals surface area contributed by atoms with Gasteiger partial charge in [0.2, 0.25) is 0 Å². The van der Waals surface area contributed by atoms with Crippen LogP contribution in [0.4, 0.5) is 0 Å². The SMILES string of the molecule is CC1=C(C)C(C)(C)C(C2(C(C)C)C=CC=C(C(C)C)C2O)=C1C.[Cl-].[Cl-].[Ti+2]. The summed E-state index contributed by atoms with van der Waals surface area (Å²) in [6.45, 7) is 20.2. The maximum absolute atomic E-state index is 11.4. The van der Waals surface area contributed by atoms with E-state index >= 15 is 0 Å². The van der Waals surface area contributed by atoms with Gasteiger partial charge in [0.15, 0.2) is 0 Å². The van der Waals surface area contributed by atoms with E-state index in [0.717, 1.165) is 5.57 Å². The number of rotatable bonds is 3. The van der Waals surface area contributed by atoms with Gasteiger partial charge in [0.25, 0.3) is 0 Å². The summed E-state index contributed by atoms with van der Waals surface area (Å²) >= 11 is 0. The van der Waals surface area contributed by atoms with Crippen LogP contribution in [0.5, 0.6) is 0 Å². The molecule has 2 atom stereocenters. The van der Waals surface area contributed by atoms with Gasteiger partial charge >= 0.3 is 21.7 Å². The van der Waals surface area contributed by atoms with Crippen molar-refractivity contribution in [2.45, 2.75) is 68.4 Å². The molecule has 0 aromatic heterocycles. The Labute approximate surface area is 188 Å². The Balaban J connectivity index is 0. The summed E-state index contributed by atoms with van der Waals surface area (Å²) in [7, 11) is 0. The van der Waals surface area contributed by atoms with Crippen LogP contribution < -0.4 is 24.8 Å². The molecule has 0 fully saturated rings. The zero-order valence-corrected chi connectivity index (χ0v) is 20.7. The maximum Gasteiger partial charge on any atom is 2.00 e. The van der Waals surface area contributed by atoms with E-state index in [9.17, 15) is 5.11 Å². The molecular formula is C22H34Cl2OTi. The molecule has 1 nitrogen and oxygen atoms in total. The predicted molar refractivity (Wildman–Crippen MR) is 100 cm³/mol. The van der Waals surface area contributed by atoms with E-state index in [1.807, 2.05) is 0 Å². The average molecular weight is 433 g/mol. The Morgan fingerprint density at radius 3 is 1.81 bits per heavy atom. The summed E-state index contributed by atoms with van der Waals surface area (Å²) in [6.07, 6.45) is 6.10. The molecule has 4 heteroatoms. The summed E-state index contributed by atoms with van der Waals surface area (Å²) in [5.41, 5.74) is 6.43. The second kappa shape index (κ2) is 9.61. The second-order valence-electron chi connectivity index (χ2n) is 8.55. The molecule has 2 rings (SSSR count). The largest absolute Gasteiger partial charge is 2.00 e. The van der Waals surface area contributed by atoms with Gasteiger partial charge in [-0.3, -0.25) is 0 Å². The Bertz CT molecular complexity index is 639. The van der Waals surface area contributed by atoms with Crippen molar-refractivity contribution < 1.29 is 51.6 Å². The number of aliphatic hydroxyl groups excluding tert-OH is 1. The Hall–Kier alpha value is 0.214. The van der Waals surface area contributed by atoms with Gasteiger partial charge in [-0.05, 0) is 54.9 Å². The number of allylic oxidation sites excluding steroid dienone is 5. The molecule has 0 aromatic rings. The Morgan fingerprint density at radius 2 is 1.46 bits per heavy atom. The molecule has 0 bridgehead atoms. The molecule has 1 N–H and O–H groups in total. The molecule has 0 radical (unpaired) electrons. The molecule has 0 aliphatic heterocycles. The van der Waals surface area contributed by atoms with Crippen LogP contribution >= 0.6 is 0 Å². The van der Waals surface area contributed by atoms with E-state index in [1.165, 1.54) is 22.3 Å². The second-order valence-corrected chi connectivity index (χ2v) is 8.55. The fraction of sp³-hybridized carbons (Fsp3) is 0.636. The molecule has 146 valence electrons. The van der Waals surface area contributed by atoms with Crippen molar-refractivity contribution in [2.75, 3.05) is 0 Å². The van der Waals surface area contributed by atoms with Crippen LogP contribution in [0.1, 0.15) is 62.3 Å². The zero-order valence-electron chi connectivity index (χ0n) is 17.7. The summed E-state index contributed by atoms with van der Waals surface area (Å²) in [5.74, 6) is 0.688. The van der Waals surface area contributed by atoms with Gasteiger partial charge in [-0.15, -0.1) is 0 Å². The van der Waals surface area contributed by atoms with Crippen LogP contribution in [0, 0.1) is 22.7 Å². The molecule has 0 saturated heterocycles. The number of halogens is 2. The minimum Gasteiger partial charge on any atom is -1.00 e. The van der Waals surface area contributed by atoms with Gasteiger partial charge in [0.1, 0.15) is 0 Å². The van der Waals surface area contributed by atoms with Crippen molar-refractivity contribution in [1.82, 2.24) is 0 Å². The van der Waals surface area contributed by atoms with E-state index < -0.39 is 6.10 Å². The van der Waals surface area contributed by atoms with Crippen molar-refractivity contribution >= 4 is 0 Å². The van der Waals surface area contributed by atoms with Crippen LogP contribution in [-0.2, 0) is 21.7 Å². The molecule has 0 saturated carbocycles. The van der Waals surface area contributed by atoms with Crippen LogP contribution in [0.2, 0.25) is 0 Å². The molecular weight excluding hydrogens is 399 g/mol. The van der Waals surface area contributed by atoms with Gasteiger partial charge in [-0.2, -0.15) is 0 Å². The summed E-state index contributed by atoms with van der Waals surface area (Å²) < 4.78 is 0. The van der Waals surface area contributed by atoms with Crippen LogP contribution in [0.25, 0.3) is 0 Å². The first-order chi connectivity index (χ1) is 10.5. The fourth-order valence-electron chi connectivity index (χ4n) is 4.76. The van der Waals surface area contributed by atoms with E-state index in [4.69, 9.17) is 0 Å². The van der Waals surface area contributed by atoms with Gasteiger partial charge in [0, 0.05) is 10.8 Å². The first-order valence-corrected chi connectivity index (χ1v) is 8.97. The van der Waals surface area contributed by atoms with Crippen molar-refractivity contribution in [3.63, 3.8) is 0 Å². The normalized spacial score (nSPS) is 27.2. The number of hydrogen-bond donors (Lipinski definition) is 1. The molecule has 2 aliphatic rings. The number of aliphatic hydroxyl groups is 1. The first kappa shape index (κ1) is 28.4. The Morgan fingerprint density at radius 1 is 0.962 bits per heavy atom. The first-order valence-electron chi connectivity index (χ1n) is 8.97. The molecule has 0 heterocycles. The number of hydrogen-bond acceptors (Lipinski definition) is 1.